The molecule has 6 rings (SSSR count). The van der Waals surface area contributed by atoms with Gasteiger partial charge in [-0.15, -0.1) is 0 Å². The molecule has 6 aliphatic rings. The average Bonchev–Trinajstić information content (AvgIpc) is 3.39. The van der Waals surface area contributed by atoms with Crippen LogP contribution in [0.4, 0.5) is 0 Å². The summed E-state index contributed by atoms with van der Waals surface area (Å²) in [6.07, 6.45) is 2.09. The summed E-state index contributed by atoms with van der Waals surface area (Å²) < 4.78 is 45.5. The number of hydrogen-bond donors (Lipinski definition) is 2. The van der Waals surface area contributed by atoms with Gasteiger partial charge in [0.2, 0.25) is 5.91 Å². The highest BCUT2D eigenvalue weighted by molar-refractivity contribution is 5.76. The maximum Gasteiger partial charge on any atom is 0.225 e. The predicted molar refractivity (Wildman–Crippen MR) is 148 cm³/mol. The molecule has 2 unspecified atom stereocenters. The SMILES string of the molecule is CCCNC(=O)CC1OC[C@@H]2O[C@@H]3C[C@@H]4O[C@@H]5[C@@H](C)[C@H](C)C6(CCCO6)O[C@H]5[C@@H](O)[C@H](C)[C@H]4O[C@H]3C[C@@H](C)C[C@H]2O1. The van der Waals surface area contributed by atoms with Crippen LogP contribution in [0, 0.1) is 23.7 Å². The largest absolute Gasteiger partial charge is 0.390 e. The molecule has 10 heteroatoms. The van der Waals surface area contributed by atoms with E-state index in [-0.39, 0.29) is 72.8 Å². The molecule has 0 radical (unpaired) electrons. The maximum atomic E-state index is 12.3. The summed E-state index contributed by atoms with van der Waals surface area (Å²) in [5.74, 6) is -0.225. The van der Waals surface area contributed by atoms with Gasteiger partial charge in [-0.2, -0.15) is 0 Å². The zero-order valence-electron chi connectivity index (χ0n) is 25.4. The van der Waals surface area contributed by atoms with Crippen LogP contribution in [-0.2, 0) is 38.0 Å². The minimum absolute atomic E-state index is 0.0531. The normalized spacial score (nSPS) is 51.8. The van der Waals surface area contributed by atoms with Gasteiger partial charge in [0.25, 0.3) is 0 Å². The Morgan fingerprint density at radius 1 is 0.878 bits per heavy atom. The molecule has 6 saturated heterocycles. The summed E-state index contributed by atoms with van der Waals surface area (Å²) in [5, 5.41) is 14.5. The monoisotopic (exact) mass is 581 g/mol. The Labute approximate surface area is 244 Å². The third-order valence-corrected chi connectivity index (χ3v) is 10.7. The van der Waals surface area contributed by atoms with Gasteiger partial charge >= 0.3 is 0 Å². The van der Waals surface area contributed by atoms with E-state index in [1.54, 1.807) is 0 Å². The van der Waals surface area contributed by atoms with Crippen LogP contribution in [0.15, 0.2) is 0 Å². The molecule has 1 spiro atoms. The molecule has 0 saturated carbocycles. The summed E-state index contributed by atoms with van der Waals surface area (Å²) in [4.78, 5) is 12.3. The smallest absolute Gasteiger partial charge is 0.225 e. The Balaban J connectivity index is 1.16. The second kappa shape index (κ2) is 12.3. The number of hydrogen-bond acceptors (Lipinski definition) is 9. The van der Waals surface area contributed by atoms with Crippen LogP contribution in [0.3, 0.4) is 0 Å². The van der Waals surface area contributed by atoms with E-state index in [2.05, 4.69) is 33.0 Å². The number of amides is 1. The Hall–Kier alpha value is -0.850. The lowest BCUT2D eigenvalue weighted by atomic mass is 9.76. The third kappa shape index (κ3) is 5.84. The van der Waals surface area contributed by atoms with E-state index in [1.165, 1.54) is 0 Å². The molecule has 234 valence electrons. The van der Waals surface area contributed by atoms with E-state index in [0.717, 1.165) is 32.1 Å². The summed E-state index contributed by atoms with van der Waals surface area (Å²) in [5.41, 5.74) is 0. The summed E-state index contributed by atoms with van der Waals surface area (Å²) in [7, 11) is 0. The fraction of sp³-hybridized carbons (Fsp3) is 0.968. The molecule has 0 aliphatic carbocycles. The van der Waals surface area contributed by atoms with Crippen LogP contribution in [-0.4, -0.2) is 97.8 Å². The van der Waals surface area contributed by atoms with E-state index >= 15 is 0 Å². The molecular weight excluding hydrogens is 530 g/mol. The minimum Gasteiger partial charge on any atom is -0.390 e. The van der Waals surface area contributed by atoms with Crippen molar-refractivity contribution < 1.29 is 43.1 Å². The molecule has 10 nitrogen and oxygen atoms in total. The molecule has 1 amide bonds. The van der Waals surface area contributed by atoms with Crippen molar-refractivity contribution >= 4 is 5.91 Å². The van der Waals surface area contributed by atoms with Gasteiger partial charge in [0.1, 0.15) is 12.2 Å². The lowest BCUT2D eigenvalue weighted by molar-refractivity contribution is -0.339. The van der Waals surface area contributed by atoms with Crippen LogP contribution in [0.25, 0.3) is 0 Å². The molecule has 0 aromatic rings. The Kier molecular flexibility index (Phi) is 9.03. The van der Waals surface area contributed by atoms with Crippen LogP contribution in [0.1, 0.15) is 79.6 Å². The van der Waals surface area contributed by atoms with Gasteiger partial charge in [0, 0.05) is 31.2 Å². The first-order valence-electron chi connectivity index (χ1n) is 16.2. The van der Waals surface area contributed by atoms with E-state index < -0.39 is 24.3 Å². The molecule has 0 bridgehead atoms. The quantitative estimate of drug-likeness (QED) is 0.517. The number of ether oxygens (including phenoxy) is 7. The van der Waals surface area contributed by atoms with Crippen LogP contribution in [0.5, 0.6) is 0 Å². The number of aliphatic hydroxyl groups is 1. The molecule has 15 atom stereocenters. The number of carbonyl (C=O) groups is 1. The second-order valence-corrected chi connectivity index (χ2v) is 13.6. The Morgan fingerprint density at radius 2 is 1.61 bits per heavy atom. The Morgan fingerprint density at radius 3 is 2.34 bits per heavy atom. The van der Waals surface area contributed by atoms with Crippen molar-refractivity contribution in [1.82, 2.24) is 5.32 Å². The molecule has 41 heavy (non-hydrogen) atoms. The molecule has 6 heterocycles. The van der Waals surface area contributed by atoms with Crippen molar-refractivity contribution in [2.24, 2.45) is 23.7 Å². The zero-order valence-corrected chi connectivity index (χ0v) is 25.4. The minimum atomic E-state index is -0.717. The molecule has 0 aromatic carbocycles. The van der Waals surface area contributed by atoms with Crippen molar-refractivity contribution in [1.29, 1.82) is 0 Å². The number of fused-ring (bicyclic) bond motifs is 4. The molecule has 6 fully saturated rings. The van der Waals surface area contributed by atoms with E-state index in [4.69, 9.17) is 33.2 Å². The average molecular weight is 582 g/mol. The van der Waals surface area contributed by atoms with Crippen molar-refractivity contribution in [3.63, 3.8) is 0 Å². The van der Waals surface area contributed by atoms with Crippen LogP contribution < -0.4 is 5.32 Å². The fourth-order valence-electron chi connectivity index (χ4n) is 8.15. The van der Waals surface area contributed by atoms with Gasteiger partial charge in [-0.05, 0) is 37.5 Å². The molecule has 0 aromatic heterocycles. The lowest BCUT2D eigenvalue weighted by Crippen LogP contribution is -2.60. The van der Waals surface area contributed by atoms with E-state index in [1.807, 2.05) is 6.92 Å². The maximum absolute atomic E-state index is 12.3. The first-order valence-corrected chi connectivity index (χ1v) is 16.2. The van der Waals surface area contributed by atoms with Crippen molar-refractivity contribution in [2.45, 2.75) is 147 Å². The standard InChI is InChI=1S/C31H51NO9/c1-6-9-32-25(33)14-26-35-15-24-21(38-26)12-16(2)11-20-22(37-24)13-23-28(39-20)18(4)27(34)30-29(40-23)17(3)19(5)31(41-30)8-7-10-36-31/h16-24,26-30,34H,6-15H2,1-5H3,(H,32,33)/t16-,17+,18+,19+,20+,21-,22-,23+,24+,26?,27+,28-,29-,30+,31?/m1/s1. The molecule has 2 N–H and O–H groups in total. The first-order chi connectivity index (χ1) is 19.7. The number of nitrogens with one attached hydrogen (secondary N) is 1. The van der Waals surface area contributed by atoms with E-state index in [0.29, 0.717) is 32.1 Å². The highest BCUT2D eigenvalue weighted by Crippen LogP contribution is 2.50. The Bertz CT molecular complexity index is 914. The zero-order chi connectivity index (χ0) is 28.9. The summed E-state index contributed by atoms with van der Waals surface area (Å²) in [6, 6.07) is 0. The van der Waals surface area contributed by atoms with Crippen molar-refractivity contribution in [3.05, 3.63) is 0 Å². The van der Waals surface area contributed by atoms with Gasteiger partial charge < -0.3 is 43.6 Å². The van der Waals surface area contributed by atoms with Gasteiger partial charge in [-0.3, -0.25) is 4.79 Å². The van der Waals surface area contributed by atoms with Crippen LogP contribution >= 0.6 is 0 Å². The molecule has 6 aliphatic heterocycles. The molecular formula is C31H51NO9. The predicted octanol–water partition coefficient (Wildman–Crippen LogP) is 2.93. The lowest BCUT2D eigenvalue weighted by Gasteiger charge is -2.51. The van der Waals surface area contributed by atoms with Crippen molar-refractivity contribution in [2.75, 3.05) is 19.8 Å². The number of carbonyl (C=O) groups excluding carboxylic acids is 1. The third-order valence-electron chi connectivity index (χ3n) is 10.7. The number of rotatable bonds is 4. The highest BCUT2D eigenvalue weighted by Gasteiger charge is 2.60. The van der Waals surface area contributed by atoms with Crippen molar-refractivity contribution in [3.8, 4) is 0 Å². The van der Waals surface area contributed by atoms with Crippen LogP contribution in [0.2, 0.25) is 0 Å². The highest BCUT2D eigenvalue weighted by atomic mass is 16.7. The van der Waals surface area contributed by atoms with E-state index in [9.17, 15) is 9.90 Å². The fourth-order valence-corrected chi connectivity index (χ4v) is 8.15. The van der Waals surface area contributed by atoms with Gasteiger partial charge in [0.05, 0.1) is 62.4 Å². The summed E-state index contributed by atoms with van der Waals surface area (Å²) in [6.45, 7) is 12.4. The first kappa shape index (κ1) is 30.2. The summed E-state index contributed by atoms with van der Waals surface area (Å²) >= 11 is 0. The van der Waals surface area contributed by atoms with Gasteiger partial charge in [-0.25, -0.2) is 0 Å². The topological polar surface area (TPSA) is 114 Å². The van der Waals surface area contributed by atoms with Gasteiger partial charge in [0.15, 0.2) is 12.1 Å². The number of aliphatic hydroxyl groups excluding tert-OH is 1. The second-order valence-electron chi connectivity index (χ2n) is 13.6. The van der Waals surface area contributed by atoms with Gasteiger partial charge in [-0.1, -0.05) is 34.6 Å².